The van der Waals surface area contributed by atoms with Crippen LogP contribution in [0.4, 0.5) is 8.78 Å². The van der Waals surface area contributed by atoms with E-state index in [1.807, 2.05) is 30.3 Å². The van der Waals surface area contributed by atoms with Crippen LogP contribution in [0.2, 0.25) is 0 Å². The molecule has 2 rings (SSSR count). The van der Waals surface area contributed by atoms with E-state index >= 15 is 0 Å². The van der Waals surface area contributed by atoms with E-state index in [1.165, 1.54) is 0 Å². The monoisotopic (exact) mass is 221 g/mol. The average Bonchev–Trinajstić information content (AvgIpc) is 2.76. The minimum Gasteiger partial charge on any atom is -0.445 e. The third-order valence-electron chi connectivity index (χ3n) is 1.98. The second kappa shape index (κ2) is 4.70. The van der Waals surface area contributed by atoms with E-state index in [4.69, 9.17) is 4.42 Å². The molecule has 2 aromatic rings. The molecule has 0 unspecified atom stereocenters. The second-order valence-corrected chi connectivity index (χ2v) is 3.16. The Kier molecular flexibility index (Phi) is 3.10. The smallest absolute Gasteiger partial charge is 0.283 e. The van der Waals surface area contributed by atoms with Crippen LogP contribution in [0.25, 0.3) is 12.2 Å². The molecule has 1 aromatic carbocycles. The van der Waals surface area contributed by atoms with Crippen molar-refractivity contribution in [2.24, 2.45) is 0 Å². The van der Waals surface area contributed by atoms with E-state index in [0.29, 0.717) is 0 Å². The molecule has 0 fully saturated rings. The van der Waals surface area contributed by atoms with Crippen LogP contribution in [0, 0.1) is 0 Å². The van der Waals surface area contributed by atoms with Crippen molar-refractivity contribution in [3.05, 3.63) is 53.7 Å². The molecule has 0 spiro atoms. The average molecular weight is 221 g/mol. The van der Waals surface area contributed by atoms with Gasteiger partial charge in [-0.05, 0) is 11.6 Å². The molecule has 4 heteroatoms. The molecule has 0 aliphatic rings. The molecule has 0 amide bonds. The number of aromatic nitrogens is 1. The first-order valence-corrected chi connectivity index (χ1v) is 4.72. The lowest BCUT2D eigenvalue weighted by Gasteiger charge is -1.89. The summed E-state index contributed by atoms with van der Waals surface area (Å²) in [5.74, 6) is 0.180. The number of oxazole rings is 1. The highest BCUT2D eigenvalue weighted by atomic mass is 19.3. The highest BCUT2D eigenvalue weighted by Gasteiger charge is 2.11. The van der Waals surface area contributed by atoms with Gasteiger partial charge in [0, 0.05) is 6.08 Å². The Bertz CT molecular complexity index is 477. The first kappa shape index (κ1) is 10.5. The van der Waals surface area contributed by atoms with Gasteiger partial charge in [-0.1, -0.05) is 30.3 Å². The molecule has 0 atom stereocenters. The minimum atomic E-state index is -2.59. The molecule has 0 bridgehead atoms. The van der Waals surface area contributed by atoms with Crippen LogP contribution in [-0.2, 0) is 0 Å². The summed E-state index contributed by atoms with van der Waals surface area (Å²) in [7, 11) is 0. The molecule has 0 aliphatic heterocycles. The van der Waals surface area contributed by atoms with Crippen molar-refractivity contribution in [1.29, 1.82) is 0 Å². The van der Waals surface area contributed by atoms with Crippen LogP contribution in [-0.4, -0.2) is 4.98 Å². The summed E-state index contributed by atoms with van der Waals surface area (Å²) in [4.78, 5) is 3.62. The Balaban J connectivity index is 2.12. The number of rotatable bonds is 3. The Morgan fingerprint density at radius 2 is 1.88 bits per heavy atom. The van der Waals surface area contributed by atoms with Gasteiger partial charge in [-0.25, -0.2) is 13.8 Å². The van der Waals surface area contributed by atoms with Gasteiger partial charge in [-0.15, -0.1) is 0 Å². The molecule has 1 heterocycles. The number of alkyl halides is 2. The van der Waals surface area contributed by atoms with E-state index in [0.717, 1.165) is 11.8 Å². The fourth-order valence-electron chi connectivity index (χ4n) is 1.21. The molecular weight excluding hydrogens is 212 g/mol. The van der Waals surface area contributed by atoms with E-state index < -0.39 is 6.43 Å². The Hall–Kier alpha value is -1.97. The Morgan fingerprint density at radius 1 is 1.12 bits per heavy atom. The second-order valence-electron chi connectivity index (χ2n) is 3.16. The van der Waals surface area contributed by atoms with Crippen molar-refractivity contribution in [1.82, 2.24) is 4.98 Å². The first-order valence-electron chi connectivity index (χ1n) is 4.72. The van der Waals surface area contributed by atoms with Crippen LogP contribution in [0.1, 0.15) is 23.6 Å². The summed E-state index contributed by atoms with van der Waals surface area (Å²) < 4.78 is 29.3. The highest BCUT2D eigenvalue weighted by Crippen LogP contribution is 2.18. The van der Waals surface area contributed by atoms with Crippen LogP contribution in [0.15, 0.2) is 41.0 Å². The first-order chi connectivity index (χ1) is 7.75. The quantitative estimate of drug-likeness (QED) is 0.788. The lowest BCUT2D eigenvalue weighted by Crippen LogP contribution is -1.82. The maximum Gasteiger partial charge on any atom is 0.283 e. The zero-order valence-electron chi connectivity index (χ0n) is 8.31. The lowest BCUT2D eigenvalue weighted by molar-refractivity contribution is 0.146. The third kappa shape index (κ3) is 2.53. The van der Waals surface area contributed by atoms with Crippen LogP contribution < -0.4 is 0 Å². The molecule has 0 saturated heterocycles. The van der Waals surface area contributed by atoms with Crippen molar-refractivity contribution in [2.45, 2.75) is 6.43 Å². The number of hydrogen-bond acceptors (Lipinski definition) is 2. The molecule has 82 valence electrons. The SMILES string of the molecule is FC(F)c1coc(/C=C/c2ccccc2)n1. The van der Waals surface area contributed by atoms with Gasteiger partial charge in [0.05, 0.1) is 0 Å². The van der Waals surface area contributed by atoms with Gasteiger partial charge in [-0.2, -0.15) is 0 Å². The van der Waals surface area contributed by atoms with Crippen LogP contribution in [0.3, 0.4) is 0 Å². The zero-order chi connectivity index (χ0) is 11.4. The maximum atomic E-state index is 12.2. The van der Waals surface area contributed by atoms with Gasteiger partial charge in [-0.3, -0.25) is 0 Å². The molecule has 0 saturated carbocycles. The number of hydrogen-bond donors (Lipinski definition) is 0. The maximum absolute atomic E-state index is 12.2. The fourth-order valence-corrected chi connectivity index (χ4v) is 1.21. The van der Waals surface area contributed by atoms with Crippen molar-refractivity contribution >= 4 is 12.2 Å². The summed E-state index contributed by atoms with van der Waals surface area (Å²) in [6.45, 7) is 0. The Labute approximate surface area is 91.2 Å². The largest absolute Gasteiger partial charge is 0.445 e. The topological polar surface area (TPSA) is 26.0 Å². The third-order valence-corrected chi connectivity index (χ3v) is 1.98. The van der Waals surface area contributed by atoms with Crippen LogP contribution in [0.5, 0.6) is 0 Å². The predicted molar refractivity (Wildman–Crippen MR) is 56.8 cm³/mol. The summed E-state index contributed by atoms with van der Waals surface area (Å²) in [5.41, 5.74) is 0.618. The van der Waals surface area contributed by atoms with Gasteiger partial charge in [0.2, 0.25) is 5.89 Å². The summed E-state index contributed by atoms with van der Waals surface area (Å²) >= 11 is 0. The van der Waals surface area contributed by atoms with Crippen molar-refractivity contribution < 1.29 is 13.2 Å². The Morgan fingerprint density at radius 3 is 2.50 bits per heavy atom. The van der Waals surface area contributed by atoms with E-state index in [2.05, 4.69) is 4.98 Å². The zero-order valence-corrected chi connectivity index (χ0v) is 8.31. The standard InChI is InChI=1S/C12H9F2NO/c13-12(14)10-8-16-11(15-10)7-6-9-4-2-1-3-5-9/h1-8,12H/b7-6+. The van der Waals surface area contributed by atoms with Gasteiger partial charge >= 0.3 is 0 Å². The fraction of sp³-hybridized carbons (Fsp3) is 0.0833. The normalized spacial score (nSPS) is 11.4. The van der Waals surface area contributed by atoms with Gasteiger partial charge in [0.15, 0.2) is 0 Å². The number of halogens is 2. The van der Waals surface area contributed by atoms with Crippen molar-refractivity contribution in [2.75, 3.05) is 0 Å². The molecule has 16 heavy (non-hydrogen) atoms. The van der Waals surface area contributed by atoms with Crippen molar-refractivity contribution in [3.8, 4) is 0 Å². The molecule has 0 N–H and O–H groups in total. The van der Waals surface area contributed by atoms with E-state index in [1.54, 1.807) is 12.2 Å². The predicted octanol–water partition coefficient (Wildman–Crippen LogP) is 3.78. The summed E-state index contributed by atoms with van der Waals surface area (Å²) in [6, 6.07) is 9.47. The van der Waals surface area contributed by atoms with Gasteiger partial charge in [0.25, 0.3) is 6.43 Å². The van der Waals surface area contributed by atoms with E-state index in [-0.39, 0.29) is 11.6 Å². The van der Waals surface area contributed by atoms with Gasteiger partial charge in [0.1, 0.15) is 12.0 Å². The van der Waals surface area contributed by atoms with Crippen LogP contribution >= 0.6 is 0 Å². The molecule has 1 aromatic heterocycles. The molecular formula is C12H9F2NO. The minimum absolute atomic E-state index is 0.180. The highest BCUT2D eigenvalue weighted by molar-refractivity contribution is 5.65. The molecule has 2 nitrogen and oxygen atoms in total. The molecule has 0 radical (unpaired) electrons. The van der Waals surface area contributed by atoms with Gasteiger partial charge < -0.3 is 4.42 Å². The van der Waals surface area contributed by atoms with E-state index in [9.17, 15) is 8.78 Å². The number of nitrogens with zero attached hydrogens (tertiary/aromatic N) is 1. The summed E-state index contributed by atoms with van der Waals surface area (Å²) in [5, 5.41) is 0. The summed E-state index contributed by atoms with van der Waals surface area (Å²) in [6.07, 6.45) is 1.68. The number of benzene rings is 1. The molecule has 0 aliphatic carbocycles. The lowest BCUT2D eigenvalue weighted by atomic mass is 10.2. The van der Waals surface area contributed by atoms with Crippen molar-refractivity contribution in [3.63, 3.8) is 0 Å².